The Balaban J connectivity index is 2.22. The average molecular weight is 337 g/mol. The molecule has 1 aromatic carbocycles. The Bertz CT molecular complexity index is 832. The van der Waals surface area contributed by atoms with Crippen LogP contribution in [-0.2, 0) is 10.0 Å². The van der Waals surface area contributed by atoms with Crippen LogP contribution >= 0.6 is 0 Å². The van der Waals surface area contributed by atoms with E-state index in [9.17, 15) is 18.5 Å². The van der Waals surface area contributed by atoms with Crippen LogP contribution in [0.25, 0.3) is 0 Å². The molecule has 1 heterocycles. The highest BCUT2D eigenvalue weighted by molar-refractivity contribution is 7.89. The molecule has 2 aromatic rings. The monoisotopic (exact) mass is 337 g/mol. The van der Waals surface area contributed by atoms with Gasteiger partial charge in [0.15, 0.2) is 0 Å². The third-order valence-electron chi connectivity index (χ3n) is 3.08. The van der Waals surface area contributed by atoms with Gasteiger partial charge in [-0.1, -0.05) is 0 Å². The minimum absolute atomic E-state index is 0.0928. The van der Waals surface area contributed by atoms with E-state index in [0.717, 1.165) is 10.5 Å². The van der Waals surface area contributed by atoms with Crippen LogP contribution in [0.1, 0.15) is 5.56 Å². The van der Waals surface area contributed by atoms with Crippen molar-refractivity contribution in [2.75, 3.05) is 14.1 Å². The molecule has 0 unspecified atom stereocenters. The molecule has 0 fully saturated rings. The summed E-state index contributed by atoms with van der Waals surface area (Å²) in [5, 5.41) is 10.7. The van der Waals surface area contributed by atoms with E-state index >= 15 is 0 Å². The molecule has 0 aliphatic rings. The normalized spacial score (nSPS) is 11.5. The van der Waals surface area contributed by atoms with Gasteiger partial charge in [-0.15, -0.1) is 0 Å². The highest BCUT2D eigenvalue weighted by Crippen LogP contribution is 2.25. The number of aryl methyl sites for hydroxylation is 1. The third kappa shape index (κ3) is 3.63. The fourth-order valence-electron chi connectivity index (χ4n) is 1.78. The summed E-state index contributed by atoms with van der Waals surface area (Å²) in [5.41, 5.74) is 0.330. The smallest absolute Gasteiger partial charge is 0.290 e. The van der Waals surface area contributed by atoms with Gasteiger partial charge in [-0.25, -0.2) is 17.7 Å². The minimum Gasteiger partial charge on any atom is -0.439 e. The molecule has 0 saturated carbocycles. The number of benzene rings is 1. The number of aromatic nitrogens is 1. The van der Waals surface area contributed by atoms with Gasteiger partial charge in [-0.05, 0) is 31.2 Å². The zero-order valence-corrected chi connectivity index (χ0v) is 13.6. The Morgan fingerprint density at radius 3 is 2.30 bits per heavy atom. The molecule has 0 radical (unpaired) electrons. The van der Waals surface area contributed by atoms with Crippen molar-refractivity contribution < 1.29 is 18.1 Å². The van der Waals surface area contributed by atoms with Crippen LogP contribution in [0.2, 0.25) is 0 Å². The van der Waals surface area contributed by atoms with Crippen LogP contribution < -0.4 is 4.74 Å². The Morgan fingerprint density at radius 1 is 1.22 bits per heavy atom. The quantitative estimate of drug-likeness (QED) is 0.613. The topological polar surface area (TPSA) is 103 Å². The van der Waals surface area contributed by atoms with Crippen LogP contribution in [0.5, 0.6) is 11.6 Å². The molecule has 122 valence electrons. The number of ether oxygens (including phenoxy) is 1. The van der Waals surface area contributed by atoms with E-state index in [1.165, 1.54) is 44.4 Å². The van der Waals surface area contributed by atoms with Crippen molar-refractivity contribution in [2.45, 2.75) is 11.8 Å². The van der Waals surface area contributed by atoms with Gasteiger partial charge < -0.3 is 4.74 Å². The lowest BCUT2D eigenvalue weighted by Gasteiger charge is -2.11. The molecule has 0 atom stereocenters. The van der Waals surface area contributed by atoms with Gasteiger partial charge in [0, 0.05) is 25.7 Å². The summed E-state index contributed by atoms with van der Waals surface area (Å²) < 4.78 is 30.5. The third-order valence-corrected chi connectivity index (χ3v) is 4.91. The largest absolute Gasteiger partial charge is 0.439 e. The maximum Gasteiger partial charge on any atom is 0.290 e. The molecular weight excluding hydrogens is 322 g/mol. The van der Waals surface area contributed by atoms with Crippen molar-refractivity contribution in [1.82, 2.24) is 9.29 Å². The highest BCUT2D eigenvalue weighted by atomic mass is 32.2. The van der Waals surface area contributed by atoms with Crippen molar-refractivity contribution in [1.29, 1.82) is 0 Å². The van der Waals surface area contributed by atoms with Gasteiger partial charge in [0.2, 0.25) is 15.9 Å². The molecule has 23 heavy (non-hydrogen) atoms. The summed E-state index contributed by atoms with van der Waals surface area (Å²) in [6.45, 7) is 1.58. The molecule has 0 bridgehead atoms. The second-order valence-corrected chi connectivity index (χ2v) is 7.08. The zero-order chi connectivity index (χ0) is 17.2. The predicted octanol–water partition coefficient (Wildman–Crippen LogP) is 2.34. The number of nitro groups is 1. The molecule has 0 aliphatic heterocycles. The number of nitrogens with zero attached hydrogens (tertiary/aromatic N) is 3. The Hall–Kier alpha value is -2.52. The van der Waals surface area contributed by atoms with Gasteiger partial charge in [0.05, 0.1) is 9.82 Å². The van der Waals surface area contributed by atoms with E-state index in [1.807, 2.05) is 0 Å². The summed E-state index contributed by atoms with van der Waals surface area (Å²) >= 11 is 0. The second kappa shape index (κ2) is 6.31. The van der Waals surface area contributed by atoms with Crippen LogP contribution in [-0.4, -0.2) is 36.7 Å². The summed E-state index contributed by atoms with van der Waals surface area (Å²) in [6, 6.07) is 7.28. The van der Waals surface area contributed by atoms with Crippen molar-refractivity contribution in [3.8, 4) is 11.6 Å². The lowest BCUT2D eigenvalue weighted by Crippen LogP contribution is -2.22. The zero-order valence-electron chi connectivity index (χ0n) is 12.8. The van der Waals surface area contributed by atoms with E-state index in [4.69, 9.17) is 4.74 Å². The first-order chi connectivity index (χ1) is 10.7. The molecule has 2 rings (SSSR count). The first kappa shape index (κ1) is 16.8. The van der Waals surface area contributed by atoms with E-state index in [1.54, 1.807) is 6.92 Å². The summed E-state index contributed by atoms with van der Waals surface area (Å²) in [4.78, 5) is 14.2. The first-order valence-electron chi connectivity index (χ1n) is 6.53. The van der Waals surface area contributed by atoms with Gasteiger partial charge in [0.1, 0.15) is 11.9 Å². The molecule has 0 saturated heterocycles. The maximum atomic E-state index is 12.0. The average Bonchev–Trinajstić information content (AvgIpc) is 2.47. The van der Waals surface area contributed by atoms with E-state index in [-0.39, 0.29) is 16.5 Å². The van der Waals surface area contributed by atoms with E-state index in [2.05, 4.69) is 4.98 Å². The molecule has 8 nitrogen and oxygen atoms in total. The fraction of sp³-hybridized carbons (Fsp3) is 0.214. The van der Waals surface area contributed by atoms with Gasteiger partial charge >= 0.3 is 0 Å². The Labute approximate surface area is 133 Å². The SMILES string of the molecule is Cc1cc(Oc2ccc(S(=O)(=O)N(C)C)cc2)ncc1[N+](=O)[O-]. The van der Waals surface area contributed by atoms with Crippen molar-refractivity contribution >= 4 is 15.7 Å². The van der Waals surface area contributed by atoms with E-state index in [0.29, 0.717) is 11.3 Å². The lowest BCUT2D eigenvalue weighted by molar-refractivity contribution is -0.385. The number of hydrogen-bond donors (Lipinski definition) is 0. The van der Waals surface area contributed by atoms with Gasteiger partial charge in [0.25, 0.3) is 5.69 Å². The standard InChI is InChI=1S/C14H15N3O5S/c1-10-8-14(15-9-13(10)17(18)19)22-11-4-6-12(7-5-11)23(20,21)16(2)3/h4-9H,1-3H3. The Kier molecular flexibility index (Phi) is 4.62. The maximum absolute atomic E-state index is 12.0. The van der Waals surface area contributed by atoms with Crippen LogP contribution in [0.4, 0.5) is 5.69 Å². The molecule has 0 amide bonds. The van der Waals surface area contributed by atoms with Crippen molar-refractivity contribution in [3.05, 3.63) is 52.2 Å². The highest BCUT2D eigenvalue weighted by Gasteiger charge is 2.17. The van der Waals surface area contributed by atoms with Crippen LogP contribution in [0.15, 0.2) is 41.4 Å². The molecule has 9 heteroatoms. The predicted molar refractivity (Wildman–Crippen MR) is 83.0 cm³/mol. The molecule has 0 aliphatic carbocycles. The molecule has 0 N–H and O–H groups in total. The number of sulfonamides is 1. The molecular formula is C14H15N3O5S. The first-order valence-corrected chi connectivity index (χ1v) is 7.97. The summed E-state index contributed by atoms with van der Waals surface area (Å²) in [7, 11) is -0.606. The lowest BCUT2D eigenvalue weighted by atomic mass is 10.2. The van der Waals surface area contributed by atoms with Crippen LogP contribution in [0.3, 0.4) is 0 Å². The summed E-state index contributed by atoms with van der Waals surface area (Å²) in [5.74, 6) is 0.569. The molecule has 1 aromatic heterocycles. The number of pyridine rings is 1. The van der Waals surface area contributed by atoms with Gasteiger partial charge in [-0.2, -0.15) is 0 Å². The second-order valence-electron chi connectivity index (χ2n) is 4.93. The minimum atomic E-state index is -3.50. The van der Waals surface area contributed by atoms with Gasteiger partial charge in [-0.3, -0.25) is 10.1 Å². The number of rotatable bonds is 5. The van der Waals surface area contributed by atoms with Crippen molar-refractivity contribution in [2.24, 2.45) is 0 Å². The Morgan fingerprint density at radius 2 is 1.83 bits per heavy atom. The molecule has 0 spiro atoms. The number of hydrogen-bond acceptors (Lipinski definition) is 6. The van der Waals surface area contributed by atoms with Crippen LogP contribution in [0, 0.1) is 17.0 Å². The van der Waals surface area contributed by atoms with Crippen molar-refractivity contribution in [3.63, 3.8) is 0 Å². The van der Waals surface area contributed by atoms with E-state index < -0.39 is 14.9 Å². The fourth-order valence-corrected chi connectivity index (χ4v) is 2.68. The summed E-state index contributed by atoms with van der Waals surface area (Å²) in [6.07, 6.45) is 1.12.